The van der Waals surface area contributed by atoms with Crippen LogP contribution < -0.4 is 15.6 Å². The van der Waals surface area contributed by atoms with Crippen molar-refractivity contribution in [3.05, 3.63) is 93.1 Å². The van der Waals surface area contributed by atoms with E-state index >= 15 is 0 Å². The van der Waals surface area contributed by atoms with E-state index in [1.165, 1.54) is 29.0 Å². The first-order valence-corrected chi connectivity index (χ1v) is 8.71. The van der Waals surface area contributed by atoms with Crippen molar-refractivity contribution in [1.82, 2.24) is 4.57 Å². The third-order valence-corrected chi connectivity index (χ3v) is 4.32. The molecule has 0 saturated carbocycles. The first-order valence-electron chi connectivity index (χ1n) is 8.33. The van der Waals surface area contributed by atoms with Gasteiger partial charge in [-0.05, 0) is 29.8 Å². The van der Waals surface area contributed by atoms with Crippen molar-refractivity contribution in [3.8, 4) is 5.75 Å². The number of carbonyl (C=O) groups excluding carboxylic acids is 1. The Morgan fingerprint density at radius 3 is 2.59 bits per heavy atom. The first-order chi connectivity index (χ1) is 13.8. The smallest absolute Gasteiger partial charge is 0.387 e. The van der Waals surface area contributed by atoms with Crippen LogP contribution in [0.2, 0.25) is 5.02 Å². The number of hydrogen-bond donors (Lipinski definition) is 1. The van der Waals surface area contributed by atoms with Gasteiger partial charge in [-0.15, -0.1) is 0 Å². The van der Waals surface area contributed by atoms with Crippen LogP contribution in [0.4, 0.5) is 18.9 Å². The Balaban J connectivity index is 1.79. The predicted octanol–water partition coefficient (Wildman–Crippen LogP) is 4.54. The van der Waals surface area contributed by atoms with E-state index < -0.39 is 24.1 Å². The van der Waals surface area contributed by atoms with Gasteiger partial charge in [0, 0.05) is 29.0 Å². The molecule has 2 aromatic carbocycles. The van der Waals surface area contributed by atoms with Crippen LogP contribution in [-0.2, 0) is 6.54 Å². The number of nitrogens with one attached hydrogen (secondary N) is 1. The Hall–Kier alpha value is -3.26. The SMILES string of the molecule is O=C(Nc1ccc(OC(F)F)c(F)c1)c1ccc(=O)n(Cc2ccccc2Cl)c1. The van der Waals surface area contributed by atoms with Crippen molar-refractivity contribution in [3.63, 3.8) is 0 Å². The Bertz CT molecular complexity index is 1100. The summed E-state index contributed by atoms with van der Waals surface area (Å²) < 4.78 is 43.5. The molecule has 150 valence electrons. The average Bonchev–Trinajstić information content (AvgIpc) is 2.67. The molecule has 0 unspecified atom stereocenters. The summed E-state index contributed by atoms with van der Waals surface area (Å²) >= 11 is 6.11. The van der Waals surface area contributed by atoms with Gasteiger partial charge in [-0.3, -0.25) is 9.59 Å². The number of halogens is 4. The molecule has 0 aliphatic heterocycles. The molecule has 0 bridgehead atoms. The molecule has 0 atom stereocenters. The van der Waals surface area contributed by atoms with Gasteiger partial charge >= 0.3 is 6.61 Å². The molecular formula is C20H14ClF3N2O3. The molecule has 0 aliphatic rings. The van der Waals surface area contributed by atoms with Crippen molar-refractivity contribution < 1.29 is 22.7 Å². The van der Waals surface area contributed by atoms with Gasteiger partial charge in [0.05, 0.1) is 12.1 Å². The van der Waals surface area contributed by atoms with Crippen LogP contribution in [0.15, 0.2) is 65.6 Å². The lowest BCUT2D eigenvalue weighted by molar-refractivity contribution is -0.0521. The zero-order valence-corrected chi connectivity index (χ0v) is 15.5. The van der Waals surface area contributed by atoms with Gasteiger partial charge in [0.25, 0.3) is 11.5 Å². The summed E-state index contributed by atoms with van der Waals surface area (Å²) in [6.45, 7) is -3.00. The van der Waals surface area contributed by atoms with Crippen molar-refractivity contribution >= 4 is 23.2 Å². The molecule has 1 N–H and O–H groups in total. The molecule has 0 radical (unpaired) electrons. The van der Waals surface area contributed by atoms with Crippen LogP contribution in [0.25, 0.3) is 0 Å². The Morgan fingerprint density at radius 1 is 1.14 bits per heavy atom. The summed E-state index contributed by atoms with van der Waals surface area (Å²) in [4.78, 5) is 24.5. The van der Waals surface area contributed by atoms with Gasteiger partial charge in [0.1, 0.15) is 0 Å². The quantitative estimate of drug-likeness (QED) is 0.634. The third-order valence-electron chi connectivity index (χ3n) is 3.95. The normalized spacial score (nSPS) is 10.8. The Kier molecular flexibility index (Phi) is 6.23. The second-order valence-electron chi connectivity index (χ2n) is 5.95. The van der Waals surface area contributed by atoms with Crippen LogP contribution in [0.1, 0.15) is 15.9 Å². The van der Waals surface area contributed by atoms with E-state index in [1.807, 2.05) is 0 Å². The van der Waals surface area contributed by atoms with Gasteiger partial charge in [-0.2, -0.15) is 8.78 Å². The number of rotatable bonds is 6. The highest BCUT2D eigenvalue weighted by atomic mass is 35.5. The van der Waals surface area contributed by atoms with E-state index in [-0.39, 0.29) is 23.4 Å². The lowest BCUT2D eigenvalue weighted by Gasteiger charge is -2.11. The number of hydrogen-bond acceptors (Lipinski definition) is 3. The minimum absolute atomic E-state index is 0.0398. The second kappa shape index (κ2) is 8.83. The van der Waals surface area contributed by atoms with E-state index in [4.69, 9.17) is 11.6 Å². The molecule has 1 heterocycles. The summed E-state index contributed by atoms with van der Waals surface area (Å²) in [6, 6.07) is 12.6. The Morgan fingerprint density at radius 2 is 1.90 bits per heavy atom. The highest BCUT2D eigenvalue weighted by Crippen LogP contribution is 2.23. The van der Waals surface area contributed by atoms with Gasteiger partial charge < -0.3 is 14.6 Å². The fraction of sp³-hybridized carbons (Fsp3) is 0.100. The number of aromatic nitrogens is 1. The van der Waals surface area contributed by atoms with Gasteiger partial charge in [-0.25, -0.2) is 4.39 Å². The minimum atomic E-state index is -3.16. The zero-order valence-electron chi connectivity index (χ0n) is 14.7. The number of amides is 1. The highest BCUT2D eigenvalue weighted by Gasteiger charge is 2.13. The number of benzene rings is 2. The summed E-state index contributed by atoms with van der Waals surface area (Å²) in [7, 11) is 0. The van der Waals surface area contributed by atoms with Crippen molar-refractivity contribution in [1.29, 1.82) is 0 Å². The number of nitrogens with zero attached hydrogens (tertiary/aromatic N) is 1. The van der Waals surface area contributed by atoms with E-state index in [1.54, 1.807) is 24.3 Å². The lowest BCUT2D eigenvalue weighted by Crippen LogP contribution is -2.22. The van der Waals surface area contributed by atoms with Crippen LogP contribution >= 0.6 is 11.6 Å². The summed E-state index contributed by atoms with van der Waals surface area (Å²) in [5.41, 5.74) is 0.550. The van der Waals surface area contributed by atoms with Crippen LogP contribution in [-0.4, -0.2) is 17.1 Å². The van der Waals surface area contributed by atoms with Crippen molar-refractivity contribution in [2.45, 2.75) is 13.2 Å². The molecule has 0 spiro atoms. The summed E-state index contributed by atoms with van der Waals surface area (Å²) in [5, 5.41) is 2.92. The number of pyridine rings is 1. The van der Waals surface area contributed by atoms with E-state index in [9.17, 15) is 22.8 Å². The van der Waals surface area contributed by atoms with Gasteiger partial charge in [0.15, 0.2) is 11.6 Å². The van der Waals surface area contributed by atoms with Gasteiger partial charge in [-0.1, -0.05) is 29.8 Å². The first kappa shape index (κ1) is 20.5. The molecule has 3 aromatic rings. The Labute approximate surface area is 168 Å². The zero-order chi connectivity index (χ0) is 21.0. The van der Waals surface area contributed by atoms with E-state index in [0.29, 0.717) is 10.6 Å². The number of alkyl halides is 2. The van der Waals surface area contributed by atoms with E-state index in [2.05, 4.69) is 10.1 Å². The molecule has 0 fully saturated rings. The number of ether oxygens (including phenoxy) is 1. The fourth-order valence-corrected chi connectivity index (χ4v) is 2.77. The molecular weight excluding hydrogens is 409 g/mol. The standard InChI is InChI=1S/C20H14ClF3N2O3/c21-15-4-2-1-3-12(15)10-26-11-13(5-8-18(26)27)19(28)25-14-6-7-17(16(22)9-14)29-20(23)24/h1-9,11,20H,10H2,(H,25,28). The van der Waals surface area contributed by atoms with Crippen molar-refractivity contribution in [2.75, 3.05) is 5.32 Å². The van der Waals surface area contributed by atoms with Crippen LogP contribution in [0, 0.1) is 5.82 Å². The fourth-order valence-electron chi connectivity index (χ4n) is 2.57. The lowest BCUT2D eigenvalue weighted by atomic mass is 10.2. The van der Waals surface area contributed by atoms with Crippen molar-refractivity contribution in [2.24, 2.45) is 0 Å². The molecule has 1 aromatic heterocycles. The van der Waals surface area contributed by atoms with Gasteiger partial charge in [0.2, 0.25) is 0 Å². The monoisotopic (exact) mass is 422 g/mol. The molecule has 9 heteroatoms. The largest absolute Gasteiger partial charge is 0.432 e. The number of anilines is 1. The number of carbonyl (C=O) groups is 1. The van der Waals surface area contributed by atoms with Crippen LogP contribution in [0.3, 0.4) is 0 Å². The average molecular weight is 423 g/mol. The molecule has 1 amide bonds. The topological polar surface area (TPSA) is 60.3 Å². The maximum absolute atomic E-state index is 13.8. The molecule has 0 aliphatic carbocycles. The molecule has 29 heavy (non-hydrogen) atoms. The second-order valence-corrected chi connectivity index (χ2v) is 6.36. The summed E-state index contributed by atoms with van der Waals surface area (Å²) in [5.74, 6) is -2.29. The molecule has 5 nitrogen and oxygen atoms in total. The van der Waals surface area contributed by atoms with Crippen LogP contribution in [0.5, 0.6) is 5.75 Å². The minimum Gasteiger partial charge on any atom is -0.432 e. The maximum atomic E-state index is 13.8. The van der Waals surface area contributed by atoms with E-state index in [0.717, 1.165) is 12.1 Å². The highest BCUT2D eigenvalue weighted by molar-refractivity contribution is 6.31. The molecule has 0 saturated heterocycles. The third kappa shape index (κ3) is 5.17. The summed E-state index contributed by atoms with van der Waals surface area (Å²) in [6.07, 6.45) is 1.35. The molecule has 3 rings (SSSR count). The maximum Gasteiger partial charge on any atom is 0.387 e. The predicted molar refractivity (Wildman–Crippen MR) is 102 cm³/mol.